The van der Waals surface area contributed by atoms with Crippen molar-refractivity contribution in [3.05, 3.63) is 60.8 Å². The molecule has 0 aromatic rings. The van der Waals surface area contributed by atoms with Crippen LogP contribution in [0.5, 0.6) is 0 Å². The molecule has 13 heavy (non-hydrogen) atoms. The Hall–Kier alpha value is -1.30. The summed E-state index contributed by atoms with van der Waals surface area (Å²) in [5, 5.41) is 0. The van der Waals surface area contributed by atoms with Crippen LogP contribution < -0.4 is 0 Å². The van der Waals surface area contributed by atoms with Gasteiger partial charge in [0.15, 0.2) is 0 Å². The number of hydrogen-bond acceptors (Lipinski definition) is 0. The first-order valence-corrected chi connectivity index (χ1v) is 4.68. The second-order valence-electron chi connectivity index (χ2n) is 3.13. The van der Waals surface area contributed by atoms with Gasteiger partial charge in [-0.1, -0.05) is 49.6 Å². The Labute approximate surface area is 80.7 Å². The van der Waals surface area contributed by atoms with E-state index in [4.69, 9.17) is 0 Å². The Kier molecular flexibility index (Phi) is 4.04. The minimum atomic E-state index is 1.10. The van der Waals surface area contributed by atoms with Gasteiger partial charge in [-0.15, -0.1) is 0 Å². The van der Waals surface area contributed by atoms with Crippen LogP contribution in [0.1, 0.15) is 19.3 Å². The summed E-state index contributed by atoms with van der Waals surface area (Å²) >= 11 is 0. The Balaban J connectivity index is 2.64. The number of rotatable bonds is 3. The van der Waals surface area contributed by atoms with E-state index in [9.17, 15) is 0 Å². The molecule has 0 heteroatoms. The zero-order chi connectivity index (χ0) is 9.52. The molecule has 0 aromatic heterocycles. The van der Waals surface area contributed by atoms with Crippen LogP contribution in [0, 0.1) is 0 Å². The van der Waals surface area contributed by atoms with Gasteiger partial charge in [0.05, 0.1) is 0 Å². The highest BCUT2D eigenvalue weighted by Gasteiger charge is 2.00. The predicted octanol–water partition coefficient (Wildman–Crippen LogP) is 3.95. The highest BCUT2D eigenvalue weighted by molar-refractivity contribution is 5.40. The van der Waals surface area contributed by atoms with Crippen LogP contribution in [0.15, 0.2) is 60.8 Å². The first-order chi connectivity index (χ1) is 6.34. The van der Waals surface area contributed by atoms with Gasteiger partial charge in [-0.25, -0.2) is 0 Å². The van der Waals surface area contributed by atoms with Gasteiger partial charge in [-0.2, -0.15) is 0 Å². The molecule has 0 fully saturated rings. The minimum Gasteiger partial charge on any atom is -0.0991 e. The van der Waals surface area contributed by atoms with Crippen molar-refractivity contribution in [2.75, 3.05) is 0 Å². The fourth-order valence-corrected chi connectivity index (χ4v) is 1.33. The van der Waals surface area contributed by atoms with Crippen LogP contribution in [-0.4, -0.2) is 0 Å². The van der Waals surface area contributed by atoms with Crippen LogP contribution in [0.4, 0.5) is 0 Å². The van der Waals surface area contributed by atoms with E-state index in [0.717, 1.165) is 12.0 Å². The molecule has 1 aliphatic carbocycles. The quantitative estimate of drug-likeness (QED) is 0.565. The van der Waals surface area contributed by atoms with E-state index in [1.165, 1.54) is 18.4 Å². The van der Waals surface area contributed by atoms with E-state index in [1.54, 1.807) is 6.08 Å². The van der Waals surface area contributed by atoms with Crippen LogP contribution >= 0.6 is 0 Å². The topological polar surface area (TPSA) is 0 Å². The highest BCUT2D eigenvalue weighted by Crippen LogP contribution is 2.19. The van der Waals surface area contributed by atoms with Gasteiger partial charge in [0, 0.05) is 0 Å². The van der Waals surface area contributed by atoms with Crippen molar-refractivity contribution in [1.82, 2.24) is 0 Å². The second-order valence-corrected chi connectivity index (χ2v) is 3.13. The van der Waals surface area contributed by atoms with Crippen molar-refractivity contribution in [2.45, 2.75) is 19.3 Å². The highest BCUT2D eigenvalue weighted by atomic mass is 14.1. The molecule has 0 amide bonds. The van der Waals surface area contributed by atoms with Crippen LogP contribution in [0.2, 0.25) is 0 Å². The Morgan fingerprint density at radius 1 is 1.46 bits per heavy atom. The van der Waals surface area contributed by atoms with Gasteiger partial charge in [0.2, 0.25) is 0 Å². The fourth-order valence-electron chi connectivity index (χ4n) is 1.33. The zero-order valence-corrected chi connectivity index (χ0v) is 8.00. The van der Waals surface area contributed by atoms with Gasteiger partial charge < -0.3 is 0 Å². The van der Waals surface area contributed by atoms with Gasteiger partial charge in [0.1, 0.15) is 0 Å². The zero-order valence-electron chi connectivity index (χ0n) is 8.00. The molecule has 0 saturated carbocycles. The SMILES string of the molecule is C=CC=CC(=C)C1=CC=CCCC1. The third kappa shape index (κ3) is 3.29. The van der Waals surface area contributed by atoms with Crippen LogP contribution in [0.25, 0.3) is 0 Å². The summed E-state index contributed by atoms with van der Waals surface area (Å²) in [5.41, 5.74) is 2.44. The van der Waals surface area contributed by atoms with E-state index in [-0.39, 0.29) is 0 Å². The Morgan fingerprint density at radius 2 is 2.31 bits per heavy atom. The molecular weight excluding hydrogens is 156 g/mol. The molecule has 68 valence electrons. The van der Waals surface area contributed by atoms with Gasteiger partial charge in [-0.05, 0) is 30.4 Å². The molecule has 0 nitrogen and oxygen atoms in total. The summed E-state index contributed by atoms with van der Waals surface area (Å²) in [4.78, 5) is 0. The van der Waals surface area contributed by atoms with E-state index in [1.807, 2.05) is 12.2 Å². The maximum absolute atomic E-state index is 4.02. The molecule has 0 radical (unpaired) electrons. The molecule has 0 aliphatic heterocycles. The summed E-state index contributed by atoms with van der Waals surface area (Å²) < 4.78 is 0. The predicted molar refractivity (Wildman–Crippen MR) is 59.6 cm³/mol. The van der Waals surface area contributed by atoms with Crippen molar-refractivity contribution in [1.29, 1.82) is 0 Å². The molecule has 0 atom stereocenters. The number of hydrogen-bond donors (Lipinski definition) is 0. The van der Waals surface area contributed by atoms with Crippen LogP contribution in [0.3, 0.4) is 0 Å². The van der Waals surface area contributed by atoms with Crippen molar-refractivity contribution in [2.24, 2.45) is 0 Å². The average Bonchev–Trinajstić information content (AvgIpc) is 2.42. The molecule has 0 N–H and O–H groups in total. The summed E-state index contributed by atoms with van der Waals surface area (Å²) in [6.07, 6.45) is 15.7. The lowest BCUT2D eigenvalue weighted by atomic mass is 10.0. The first-order valence-electron chi connectivity index (χ1n) is 4.68. The summed E-state index contributed by atoms with van der Waals surface area (Å²) in [7, 11) is 0. The largest absolute Gasteiger partial charge is 0.0991 e. The van der Waals surface area contributed by atoms with E-state index >= 15 is 0 Å². The number of allylic oxidation sites excluding steroid dienone is 8. The van der Waals surface area contributed by atoms with E-state index < -0.39 is 0 Å². The molecule has 1 aliphatic rings. The van der Waals surface area contributed by atoms with Gasteiger partial charge >= 0.3 is 0 Å². The first kappa shape index (κ1) is 9.79. The standard InChI is InChI=1S/C13H16/c1-3-4-9-12(2)13-10-7-5-6-8-11-13/h3-5,7,9-10H,1-2,6,8,11H2. The normalized spacial score (nSPS) is 16.8. The van der Waals surface area contributed by atoms with E-state index in [0.29, 0.717) is 0 Å². The molecular formula is C13H16. The summed E-state index contributed by atoms with van der Waals surface area (Å²) in [6, 6.07) is 0. The van der Waals surface area contributed by atoms with Gasteiger partial charge in [0.25, 0.3) is 0 Å². The van der Waals surface area contributed by atoms with Crippen molar-refractivity contribution in [3.8, 4) is 0 Å². The third-order valence-corrected chi connectivity index (χ3v) is 2.10. The summed E-state index contributed by atoms with van der Waals surface area (Å²) in [6.45, 7) is 7.66. The molecule has 0 bridgehead atoms. The maximum atomic E-state index is 4.02. The lowest BCUT2D eigenvalue weighted by Crippen LogP contribution is -1.84. The Morgan fingerprint density at radius 3 is 3.08 bits per heavy atom. The lowest BCUT2D eigenvalue weighted by Gasteiger charge is -2.03. The van der Waals surface area contributed by atoms with Gasteiger partial charge in [-0.3, -0.25) is 0 Å². The molecule has 1 rings (SSSR count). The second kappa shape index (κ2) is 5.36. The van der Waals surface area contributed by atoms with Crippen LogP contribution in [-0.2, 0) is 0 Å². The fraction of sp³-hybridized carbons (Fsp3) is 0.231. The molecule has 0 heterocycles. The molecule has 0 aromatic carbocycles. The van der Waals surface area contributed by atoms with Crippen molar-refractivity contribution in [3.63, 3.8) is 0 Å². The van der Waals surface area contributed by atoms with E-state index in [2.05, 4.69) is 31.4 Å². The molecule has 0 unspecified atom stereocenters. The van der Waals surface area contributed by atoms with Crippen molar-refractivity contribution >= 4 is 0 Å². The molecule has 0 saturated heterocycles. The van der Waals surface area contributed by atoms with Crippen molar-refractivity contribution < 1.29 is 0 Å². The minimum absolute atomic E-state index is 1.10. The monoisotopic (exact) mass is 172 g/mol. The third-order valence-electron chi connectivity index (χ3n) is 2.10. The smallest absolute Gasteiger partial charge is 0.0270 e. The maximum Gasteiger partial charge on any atom is -0.0270 e. The Bertz CT molecular complexity index is 274. The molecule has 0 spiro atoms. The average molecular weight is 172 g/mol. The summed E-state index contributed by atoms with van der Waals surface area (Å²) in [5.74, 6) is 0. The lowest BCUT2D eigenvalue weighted by molar-refractivity contribution is 0.850.